The zero-order valence-electron chi connectivity index (χ0n) is 21.7. The Labute approximate surface area is 229 Å². The predicted molar refractivity (Wildman–Crippen MR) is 149 cm³/mol. The Kier molecular flexibility index (Phi) is 12.0. The van der Waals surface area contributed by atoms with Crippen LogP contribution in [0.4, 0.5) is 5.69 Å². The van der Waals surface area contributed by atoms with Crippen LogP contribution < -0.4 is 14.4 Å². The molecule has 2 aromatic rings. The van der Waals surface area contributed by atoms with E-state index in [1.807, 2.05) is 13.8 Å². The molecule has 0 spiro atoms. The lowest BCUT2D eigenvalue weighted by molar-refractivity contribution is -0.140. The van der Waals surface area contributed by atoms with Crippen LogP contribution in [0.2, 0.25) is 10.0 Å². The molecule has 11 heteroatoms. The van der Waals surface area contributed by atoms with Crippen LogP contribution in [0.5, 0.6) is 5.75 Å². The number of carbonyl (C=O) groups is 2. The van der Waals surface area contributed by atoms with Crippen LogP contribution in [0.25, 0.3) is 0 Å². The molecule has 0 heterocycles. The molecule has 2 aromatic carbocycles. The number of nitrogens with zero attached hydrogens (tertiary/aromatic N) is 2. The molecule has 2 rings (SSSR count). The van der Waals surface area contributed by atoms with E-state index in [-0.39, 0.29) is 37.7 Å². The Morgan fingerprint density at radius 2 is 1.73 bits per heavy atom. The highest BCUT2D eigenvalue weighted by molar-refractivity contribution is 7.92. The zero-order valence-corrected chi connectivity index (χ0v) is 24.0. The molecule has 0 saturated heterocycles. The van der Waals surface area contributed by atoms with Gasteiger partial charge in [0.25, 0.3) is 0 Å². The van der Waals surface area contributed by atoms with Crippen molar-refractivity contribution in [2.45, 2.75) is 52.6 Å². The van der Waals surface area contributed by atoms with E-state index in [1.54, 1.807) is 49.4 Å². The molecule has 0 saturated carbocycles. The number of amides is 2. The number of hydrogen-bond donors (Lipinski definition) is 1. The van der Waals surface area contributed by atoms with E-state index in [4.69, 9.17) is 27.9 Å². The van der Waals surface area contributed by atoms with Gasteiger partial charge in [-0.3, -0.25) is 13.9 Å². The molecule has 8 nitrogen and oxygen atoms in total. The second-order valence-corrected chi connectivity index (χ2v) is 11.3. The summed E-state index contributed by atoms with van der Waals surface area (Å²) in [4.78, 5) is 27.5. The van der Waals surface area contributed by atoms with E-state index < -0.39 is 16.1 Å². The minimum atomic E-state index is -3.58. The zero-order chi connectivity index (χ0) is 27.6. The van der Waals surface area contributed by atoms with Gasteiger partial charge < -0.3 is 15.0 Å². The summed E-state index contributed by atoms with van der Waals surface area (Å²) in [7, 11) is -3.58. The average molecular weight is 573 g/mol. The van der Waals surface area contributed by atoms with Gasteiger partial charge >= 0.3 is 0 Å². The van der Waals surface area contributed by atoms with E-state index >= 15 is 0 Å². The lowest BCUT2D eigenvalue weighted by atomic mass is 10.1. The van der Waals surface area contributed by atoms with E-state index in [9.17, 15) is 18.0 Å². The van der Waals surface area contributed by atoms with Crippen LogP contribution >= 0.6 is 23.2 Å². The summed E-state index contributed by atoms with van der Waals surface area (Å²) < 4.78 is 31.6. The van der Waals surface area contributed by atoms with Gasteiger partial charge in [0.2, 0.25) is 21.8 Å². The van der Waals surface area contributed by atoms with Gasteiger partial charge in [-0.25, -0.2) is 8.42 Å². The molecule has 1 N–H and O–H groups in total. The molecule has 204 valence electrons. The maximum absolute atomic E-state index is 13.3. The summed E-state index contributed by atoms with van der Waals surface area (Å²) in [5.74, 6) is 0.107. The first kappa shape index (κ1) is 30.7. The first-order chi connectivity index (χ1) is 17.5. The molecule has 0 bridgehead atoms. The Hall–Kier alpha value is -2.49. The number of benzene rings is 2. The SMILES string of the molecule is CCCNC(=O)C(C)N(Cc1ccc(Cl)c(Cl)c1)C(=O)CCCN(c1ccc(OCC)cc1)S(C)(=O)=O. The largest absolute Gasteiger partial charge is 0.494 e. The lowest BCUT2D eigenvalue weighted by Crippen LogP contribution is -2.47. The van der Waals surface area contributed by atoms with E-state index in [0.29, 0.717) is 34.6 Å². The normalized spacial score (nSPS) is 12.1. The Morgan fingerprint density at radius 1 is 1.05 bits per heavy atom. The molecule has 0 radical (unpaired) electrons. The highest BCUT2D eigenvalue weighted by Gasteiger charge is 2.26. The Bertz CT molecular complexity index is 1160. The van der Waals surface area contributed by atoms with Crippen molar-refractivity contribution in [1.29, 1.82) is 0 Å². The van der Waals surface area contributed by atoms with Crippen molar-refractivity contribution in [1.82, 2.24) is 10.2 Å². The summed E-state index contributed by atoms with van der Waals surface area (Å²) in [6.45, 7) is 6.76. The number of anilines is 1. The molecule has 37 heavy (non-hydrogen) atoms. The fraction of sp³-hybridized carbons (Fsp3) is 0.462. The first-order valence-corrected chi connectivity index (χ1v) is 14.8. The van der Waals surface area contributed by atoms with Gasteiger partial charge in [-0.05, 0) is 68.7 Å². The number of sulfonamides is 1. The van der Waals surface area contributed by atoms with Crippen molar-refractivity contribution in [2.75, 3.05) is 30.3 Å². The minimum Gasteiger partial charge on any atom is -0.494 e. The third-order valence-electron chi connectivity index (χ3n) is 5.64. The Balaban J connectivity index is 2.16. The monoisotopic (exact) mass is 571 g/mol. The summed E-state index contributed by atoms with van der Waals surface area (Å²) >= 11 is 12.2. The van der Waals surface area contributed by atoms with Crippen LogP contribution in [-0.2, 0) is 26.2 Å². The second kappa shape index (κ2) is 14.4. The maximum Gasteiger partial charge on any atom is 0.242 e. The second-order valence-electron chi connectivity index (χ2n) is 8.60. The van der Waals surface area contributed by atoms with Gasteiger partial charge in [0.15, 0.2) is 0 Å². The van der Waals surface area contributed by atoms with E-state index in [1.165, 1.54) is 9.21 Å². The van der Waals surface area contributed by atoms with Crippen molar-refractivity contribution in [3.63, 3.8) is 0 Å². The topological polar surface area (TPSA) is 96.0 Å². The third-order valence-corrected chi connectivity index (χ3v) is 7.57. The van der Waals surface area contributed by atoms with E-state index in [0.717, 1.165) is 18.2 Å². The van der Waals surface area contributed by atoms with Gasteiger partial charge in [-0.15, -0.1) is 0 Å². The third kappa shape index (κ3) is 9.39. The molecule has 0 aliphatic heterocycles. The van der Waals surface area contributed by atoms with Gasteiger partial charge in [-0.2, -0.15) is 0 Å². The highest BCUT2D eigenvalue weighted by atomic mass is 35.5. The molecule has 0 aromatic heterocycles. The van der Waals surface area contributed by atoms with Crippen LogP contribution in [0.1, 0.15) is 45.6 Å². The van der Waals surface area contributed by atoms with Crippen LogP contribution in [0, 0.1) is 0 Å². The number of ether oxygens (including phenoxy) is 1. The first-order valence-electron chi connectivity index (χ1n) is 12.2. The molecule has 1 atom stereocenters. The van der Waals surface area contributed by atoms with Gasteiger partial charge in [-0.1, -0.05) is 36.2 Å². The predicted octanol–water partition coefficient (Wildman–Crippen LogP) is 4.88. The number of carbonyl (C=O) groups excluding carboxylic acids is 2. The van der Waals surface area contributed by atoms with Crippen LogP contribution in [-0.4, -0.2) is 57.1 Å². The molecular weight excluding hydrogens is 537 g/mol. The summed E-state index contributed by atoms with van der Waals surface area (Å²) in [6, 6.07) is 11.1. The summed E-state index contributed by atoms with van der Waals surface area (Å²) in [6.07, 6.45) is 2.21. The molecule has 0 aliphatic rings. The number of rotatable bonds is 14. The average Bonchev–Trinajstić information content (AvgIpc) is 2.85. The molecule has 0 aliphatic carbocycles. The molecular formula is C26H35Cl2N3O5S. The number of hydrogen-bond acceptors (Lipinski definition) is 5. The highest BCUT2D eigenvalue weighted by Crippen LogP contribution is 2.25. The fourth-order valence-corrected chi connectivity index (χ4v) is 4.98. The smallest absolute Gasteiger partial charge is 0.242 e. The summed E-state index contributed by atoms with van der Waals surface area (Å²) in [5, 5.41) is 3.58. The maximum atomic E-state index is 13.3. The molecule has 0 fully saturated rings. The quantitative estimate of drug-likeness (QED) is 0.348. The van der Waals surface area contributed by atoms with Crippen molar-refractivity contribution in [2.24, 2.45) is 0 Å². The van der Waals surface area contributed by atoms with Crippen LogP contribution in [0.3, 0.4) is 0 Å². The van der Waals surface area contributed by atoms with Gasteiger partial charge in [0.1, 0.15) is 11.8 Å². The lowest BCUT2D eigenvalue weighted by Gasteiger charge is -2.29. The molecule has 1 unspecified atom stereocenters. The number of nitrogens with one attached hydrogen (secondary N) is 1. The minimum absolute atomic E-state index is 0.0514. The van der Waals surface area contributed by atoms with E-state index in [2.05, 4.69) is 5.32 Å². The summed E-state index contributed by atoms with van der Waals surface area (Å²) in [5.41, 5.74) is 1.21. The number of halogens is 2. The standard InChI is InChI=1S/C26H35Cl2N3O5S/c1-5-15-29-26(33)19(3)30(18-20-9-14-23(27)24(28)17-20)25(32)8-7-16-31(37(4,34)35)21-10-12-22(13-11-21)36-6-2/h9-14,17,19H,5-8,15-16,18H2,1-4H3,(H,29,33). The van der Waals surface area contributed by atoms with Gasteiger partial charge in [0.05, 0.1) is 28.6 Å². The fourth-order valence-electron chi connectivity index (χ4n) is 3.69. The van der Waals surface area contributed by atoms with Crippen molar-refractivity contribution in [3.05, 3.63) is 58.1 Å². The van der Waals surface area contributed by atoms with Crippen molar-refractivity contribution < 1.29 is 22.7 Å². The van der Waals surface area contributed by atoms with Gasteiger partial charge in [0, 0.05) is 26.1 Å². The Morgan fingerprint density at radius 3 is 2.30 bits per heavy atom. The van der Waals surface area contributed by atoms with Crippen LogP contribution in [0.15, 0.2) is 42.5 Å². The van der Waals surface area contributed by atoms with Crippen molar-refractivity contribution >= 4 is 50.7 Å². The molecule has 2 amide bonds. The van der Waals surface area contributed by atoms with Crippen molar-refractivity contribution in [3.8, 4) is 5.75 Å².